The molecule has 84 valence electrons. The lowest BCUT2D eigenvalue weighted by atomic mass is 10.0. The summed E-state index contributed by atoms with van der Waals surface area (Å²) in [4.78, 5) is 10.4. The molecule has 16 heavy (non-hydrogen) atoms. The fraction of sp³-hybridized carbons (Fsp3) is 0.214. The molecule has 0 aliphatic carbocycles. The van der Waals surface area contributed by atoms with Gasteiger partial charge >= 0.3 is 5.97 Å². The maximum atomic E-state index is 10.4. The molecule has 2 nitrogen and oxygen atoms in total. The van der Waals surface area contributed by atoms with Crippen LogP contribution in [0.15, 0.2) is 48.6 Å². The highest BCUT2D eigenvalue weighted by molar-refractivity contribution is 5.70. The number of carboxylic acids is 1. The third-order valence-electron chi connectivity index (χ3n) is 2.33. The van der Waals surface area contributed by atoms with Gasteiger partial charge in [-0.3, -0.25) is 4.79 Å². The molecule has 0 saturated heterocycles. The molecule has 0 fully saturated rings. The number of carbonyl (C=O) groups is 1. The van der Waals surface area contributed by atoms with Crippen LogP contribution in [0.2, 0.25) is 0 Å². The molecule has 0 amide bonds. The summed E-state index contributed by atoms with van der Waals surface area (Å²) in [5, 5.41) is 8.58. The average Bonchev–Trinajstić information content (AvgIpc) is 2.26. The lowest BCUT2D eigenvalue weighted by Gasteiger charge is -2.02. The molecular weight excluding hydrogens is 200 g/mol. The summed E-state index contributed by atoms with van der Waals surface area (Å²) in [6.45, 7) is 5.75. The fourth-order valence-corrected chi connectivity index (χ4v) is 1.40. The quantitative estimate of drug-likeness (QED) is 0.765. The molecule has 0 spiro atoms. The summed E-state index contributed by atoms with van der Waals surface area (Å²) < 4.78 is 0. The summed E-state index contributed by atoms with van der Waals surface area (Å²) in [6.07, 6.45) is 2.67. The highest BCUT2D eigenvalue weighted by atomic mass is 16.4. The molecule has 0 bridgehead atoms. The second-order valence-electron chi connectivity index (χ2n) is 3.78. The van der Waals surface area contributed by atoms with E-state index in [9.17, 15) is 4.79 Å². The van der Waals surface area contributed by atoms with Gasteiger partial charge < -0.3 is 5.11 Å². The van der Waals surface area contributed by atoms with E-state index in [0.717, 1.165) is 16.7 Å². The van der Waals surface area contributed by atoms with Crippen LogP contribution in [0.4, 0.5) is 0 Å². The average molecular weight is 216 g/mol. The lowest BCUT2D eigenvalue weighted by molar-refractivity contribution is -0.136. The molecule has 0 heterocycles. The van der Waals surface area contributed by atoms with Gasteiger partial charge in [-0.25, -0.2) is 0 Å². The summed E-state index contributed by atoms with van der Waals surface area (Å²) in [5.74, 6) is -0.823. The molecule has 0 saturated carbocycles. The van der Waals surface area contributed by atoms with Crippen LogP contribution in [-0.4, -0.2) is 11.1 Å². The van der Waals surface area contributed by atoms with Crippen LogP contribution >= 0.6 is 0 Å². The van der Waals surface area contributed by atoms with Gasteiger partial charge in [-0.2, -0.15) is 0 Å². The summed E-state index contributed by atoms with van der Waals surface area (Å²) in [7, 11) is 0. The summed E-state index contributed by atoms with van der Waals surface area (Å²) >= 11 is 0. The Morgan fingerprint density at radius 3 is 2.56 bits per heavy atom. The third-order valence-corrected chi connectivity index (χ3v) is 2.33. The fourth-order valence-electron chi connectivity index (χ4n) is 1.40. The van der Waals surface area contributed by atoms with Crippen molar-refractivity contribution in [2.24, 2.45) is 0 Å². The molecule has 1 rings (SSSR count). The first-order chi connectivity index (χ1) is 7.59. The molecule has 1 aromatic carbocycles. The van der Waals surface area contributed by atoms with Gasteiger partial charge in [0.2, 0.25) is 0 Å². The number of hydrogen-bond donors (Lipinski definition) is 1. The van der Waals surface area contributed by atoms with Crippen molar-refractivity contribution in [2.75, 3.05) is 0 Å². The van der Waals surface area contributed by atoms with Crippen LogP contribution in [0.25, 0.3) is 5.57 Å². The zero-order chi connectivity index (χ0) is 12.0. The van der Waals surface area contributed by atoms with E-state index < -0.39 is 5.97 Å². The highest BCUT2D eigenvalue weighted by Gasteiger charge is 2.00. The molecule has 1 aromatic rings. The highest BCUT2D eigenvalue weighted by Crippen LogP contribution is 2.16. The maximum absolute atomic E-state index is 10.4. The van der Waals surface area contributed by atoms with Crippen LogP contribution in [0, 0.1) is 0 Å². The van der Waals surface area contributed by atoms with Crippen LogP contribution in [0.3, 0.4) is 0 Å². The van der Waals surface area contributed by atoms with Gasteiger partial charge in [-0.15, -0.1) is 0 Å². The number of aliphatic carboxylic acids is 1. The zero-order valence-electron chi connectivity index (χ0n) is 9.44. The zero-order valence-corrected chi connectivity index (χ0v) is 9.44. The van der Waals surface area contributed by atoms with Gasteiger partial charge in [0.15, 0.2) is 0 Å². The summed E-state index contributed by atoms with van der Waals surface area (Å²) in [5.41, 5.74) is 3.03. The van der Waals surface area contributed by atoms with Crippen molar-refractivity contribution in [3.8, 4) is 0 Å². The third kappa shape index (κ3) is 4.13. The Morgan fingerprint density at radius 2 is 2.00 bits per heavy atom. The van der Waals surface area contributed by atoms with Crippen molar-refractivity contribution < 1.29 is 9.90 Å². The standard InChI is InChI=1S/C14H16O2/c1-11(10-14(15)16)8-9-12(2)13-6-4-3-5-7-13/h3-7,9H,1,8,10H2,2H3,(H,15,16)/b12-9-. The van der Waals surface area contributed by atoms with Gasteiger partial charge in [-0.05, 0) is 24.5 Å². The Kier molecular flexibility index (Phi) is 4.52. The summed E-state index contributed by atoms with van der Waals surface area (Å²) in [6, 6.07) is 10.0. The predicted octanol–water partition coefficient (Wildman–Crippen LogP) is 3.51. The Bertz CT molecular complexity index is 402. The maximum Gasteiger partial charge on any atom is 0.307 e. The van der Waals surface area contributed by atoms with E-state index in [0.29, 0.717) is 6.42 Å². The van der Waals surface area contributed by atoms with Gasteiger partial charge in [0, 0.05) is 0 Å². The van der Waals surface area contributed by atoms with Crippen molar-refractivity contribution in [1.29, 1.82) is 0 Å². The van der Waals surface area contributed by atoms with E-state index in [-0.39, 0.29) is 6.42 Å². The normalized spacial score (nSPS) is 11.2. The monoisotopic (exact) mass is 216 g/mol. The number of benzene rings is 1. The Balaban J connectivity index is 2.58. The van der Waals surface area contributed by atoms with Crippen molar-refractivity contribution in [1.82, 2.24) is 0 Å². The molecular formula is C14H16O2. The smallest absolute Gasteiger partial charge is 0.307 e. The first kappa shape index (κ1) is 12.2. The van der Waals surface area contributed by atoms with E-state index in [2.05, 4.69) is 6.58 Å². The van der Waals surface area contributed by atoms with E-state index >= 15 is 0 Å². The van der Waals surface area contributed by atoms with Crippen LogP contribution in [0.1, 0.15) is 25.3 Å². The van der Waals surface area contributed by atoms with Crippen LogP contribution < -0.4 is 0 Å². The molecule has 0 atom stereocenters. The Hall–Kier alpha value is -1.83. The van der Waals surface area contributed by atoms with Crippen molar-refractivity contribution >= 4 is 11.5 Å². The van der Waals surface area contributed by atoms with Gasteiger partial charge in [-0.1, -0.05) is 48.6 Å². The minimum atomic E-state index is -0.823. The molecule has 0 aliphatic heterocycles. The molecule has 0 aliphatic rings. The Morgan fingerprint density at radius 1 is 1.38 bits per heavy atom. The van der Waals surface area contributed by atoms with Gasteiger partial charge in [0.25, 0.3) is 0 Å². The molecule has 0 radical (unpaired) electrons. The van der Waals surface area contributed by atoms with Crippen LogP contribution in [-0.2, 0) is 4.79 Å². The van der Waals surface area contributed by atoms with Crippen molar-refractivity contribution in [3.05, 3.63) is 54.1 Å². The van der Waals surface area contributed by atoms with E-state index in [1.807, 2.05) is 43.3 Å². The molecule has 0 unspecified atom stereocenters. The first-order valence-corrected chi connectivity index (χ1v) is 5.20. The van der Waals surface area contributed by atoms with Gasteiger partial charge in [0.1, 0.15) is 0 Å². The largest absolute Gasteiger partial charge is 0.481 e. The molecule has 1 N–H and O–H groups in total. The van der Waals surface area contributed by atoms with E-state index in [4.69, 9.17) is 5.11 Å². The minimum Gasteiger partial charge on any atom is -0.481 e. The second-order valence-corrected chi connectivity index (χ2v) is 3.78. The minimum absolute atomic E-state index is 0.0402. The van der Waals surface area contributed by atoms with E-state index in [1.54, 1.807) is 0 Å². The van der Waals surface area contributed by atoms with Crippen LogP contribution in [0.5, 0.6) is 0 Å². The Labute approximate surface area is 95.9 Å². The molecule has 0 aromatic heterocycles. The number of carboxylic acid groups (broad SMARTS) is 1. The number of allylic oxidation sites excluding steroid dienone is 2. The van der Waals surface area contributed by atoms with Crippen molar-refractivity contribution in [2.45, 2.75) is 19.8 Å². The lowest BCUT2D eigenvalue weighted by Crippen LogP contribution is -1.95. The predicted molar refractivity (Wildman–Crippen MR) is 66.1 cm³/mol. The van der Waals surface area contributed by atoms with E-state index in [1.165, 1.54) is 0 Å². The first-order valence-electron chi connectivity index (χ1n) is 5.20. The SMILES string of the molecule is C=C(C/C=C(/C)c1ccccc1)CC(=O)O. The van der Waals surface area contributed by atoms with Crippen molar-refractivity contribution in [3.63, 3.8) is 0 Å². The number of hydrogen-bond acceptors (Lipinski definition) is 1. The molecule has 2 heteroatoms. The second kappa shape index (κ2) is 5.91. The topological polar surface area (TPSA) is 37.3 Å². The number of rotatable bonds is 5. The van der Waals surface area contributed by atoms with Gasteiger partial charge in [0.05, 0.1) is 6.42 Å².